The van der Waals surface area contributed by atoms with Gasteiger partial charge in [-0.1, -0.05) is 60.7 Å². The third kappa shape index (κ3) is 7.28. The van der Waals surface area contributed by atoms with Gasteiger partial charge in [-0.15, -0.1) is 0 Å². The summed E-state index contributed by atoms with van der Waals surface area (Å²) in [6.07, 6.45) is -3.27. The molecule has 4 atom stereocenters. The zero-order chi connectivity index (χ0) is 31.9. The van der Waals surface area contributed by atoms with Gasteiger partial charge in [-0.2, -0.15) is 0 Å². The monoisotopic (exact) mass is 616 g/mol. The molecular formula is C32H40N8O5. The van der Waals surface area contributed by atoms with Gasteiger partial charge >= 0.3 is 0 Å². The fraction of sp³-hybridized carbons (Fsp3) is 0.406. The third-order valence-corrected chi connectivity index (χ3v) is 7.69. The molecule has 1 fully saturated rings. The van der Waals surface area contributed by atoms with Gasteiger partial charge < -0.3 is 35.8 Å². The Balaban J connectivity index is 1.49. The molecule has 0 aliphatic carbocycles. The van der Waals surface area contributed by atoms with E-state index in [0.717, 1.165) is 24.1 Å². The van der Waals surface area contributed by atoms with Crippen LogP contribution in [0.3, 0.4) is 0 Å². The molecule has 0 unspecified atom stereocenters. The van der Waals surface area contributed by atoms with Crippen molar-refractivity contribution < 1.29 is 24.5 Å². The molecule has 0 saturated carbocycles. The van der Waals surface area contributed by atoms with E-state index in [1.165, 1.54) is 10.9 Å². The molecule has 5 rings (SSSR count). The largest absolute Gasteiger partial charge is 0.387 e. The molecular weight excluding hydrogens is 576 g/mol. The van der Waals surface area contributed by atoms with Crippen LogP contribution in [0, 0.1) is 0 Å². The summed E-state index contributed by atoms with van der Waals surface area (Å²) >= 11 is 0. The molecule has 3 heterocycles. The number of carbonyl (C=O) groups is 2. The first kappa shape index (κ1) is 32.0. The van der Waals surface area contributed by atoms with E-state index in [9.17, 15) is 19.8 Å². The van der Waals surface area contributed by atoms with Crippen molar-refractivity contribution in [1.29, 1.82) is 0 Å². The lowest BCUT2D eigenvalue weighted by Gasteiger charge is -2.20. The number of anilines is 1. The van der Waals surface area contributed by atoms with Crippen molar-refractivity contribution in [2.24, 2.45) is 0 Å². The van der Waals surface area contributed by atoms with Crippen LogP contribution in [-0.2, 0) is 9.53 Å². The highest BCUT2D eigenvalue weighted by molar-refractivity contribution is 5.94. The average molecular weight is 617 g/mol. The first-order valence-electron chi connectivity index (χ1n) is 15.1. The van der Waals surface area contributed by atoms with Gasteiger partial charge in [0.15, 0.2) is 29.3 Å². The molecule has 45 heavy (non-hydrogen) atoms. The zero-order valence-electron chi connectivity index (χ0n) is 25.6. The predicted octanol–water partition coefficient (Wildman–Crippen LogP) is 1.51. The van der Waals surface area contributed by atoms with Crippen LogP contribution < -0.4 is 16.0 Å². The molecule has 1 aliphatic heterocycles. The van der Waals surface area contributed by atoms with Gasteiger partial charge in [0.25, 0.3) is 11.8 Å². The Morgan fingerprint density at radius 2 is 1.64 bits per heavy atom. The molecule has 13 heteroatoms. The van der Waals surface area contributed by atoms with Crippen molar-refractivity contribution >= 4 is 28.8 Å². The smallest absolute Gasteiger partial charge is 0.289 e. The number of aromatic nitrogens is 4. The molecule has 0 radical (unpaired) electrons. The number of nitrogens with one attached hydrogen (secondary N) is 3. The molecule has 0 bridgehead atoms. The second-order valence-corrected chi connectivity index (χ2v) is 11.2. The summed E-state index contributed by atoms with van der Waals surface area (Å²) in [5, 5.41) is 30.4. The van der Waals surface area contributed by atoms with E-state index in [2.05, 4.69) is 55.2 Å². The summed E-state index contributed by atoms with van der Waals surface area (Å²) in [6, 6.07) is 20.1. The van der Waals surface area contributed by atoms with E-state index in [1.54, 1.807) is 6.92 Å². The summed E-state index contributed by atoms with van der Waals surface area (Å²) in [4.78, 5) is 41.4. The summed E-state index contributed by atoms with van der Waals surface area (Å²) in [5.41, 5.74) is 2.73. The maximum atomic E-state index is 13.3. The van der Waals surface area contributed by atoms with Gasteiger partial charge in [-0.25, -0.2) is 15.0 Å². The van der Waals surface area contributed by atoms with E-state index in [1.807, 2.05) is 55.4 Å². The minimum absolute atomic E-state index is 0.0456. The summed E-state index contributed by atoms with van der Waals surface area (Å²) in [6.45, 7) is 3.73. The minimum atomic E-state index is -1.48. The van der Waals surface area contributed by atoms with Gasteiger partial charge in [0.2, 0.25) is 5.82 Å². The maximum absolute atomic E-state index is 13.3. The second kappa shape index (κ2) is 14.6. The highest BCUT2D eigenvalue weighted by atomic mass is 16.6. The van der Waals surface area contributed by atoms with Gasteiger partial charge in [-0.3, -0.25) is 14.2 Å². The molecule has 2 aromatic carbocycles. The molecule has 4 aromatic rings. The Labute approximate surface area is 261 Å². The number of nitrogens with zero attached hydrogens (tertiary/aromatic N) is 5. The van der Waals surface area contributed by atoms with Gasteiger partial charge in [-0.05, 0) is 45.1 Å². The molecule has 1 aliphatic rings. The third-order valence-electron chi connectivity index (χ3n) is 7.69. The lowest BCUT2D eigenvalue weighted by atomic mass is 9.91. The number of imidazole rings is 1. The van der Waals surface area contributed by atoms with Crippen LogP contribution in [0.5, 0.6) is 0 Å². The maximum Gasteiger partial charge on any atom is 0.289 e. The summed E-state index contributed by atoms with van der Waals surface area (Å²) < 4.78 is 7.25. The number of fused-ring (bicyclic) bond motifs is 1. The summed E-state index contributed by atoms with van der Waals surface area (Å²) in [5.74, 6) is -0.833. The van der Waals surface area contributed by atoms with Crippen LogP contribution in [-0.4, -0.2) is 105 Å². The van der Waals surface area contributed by atoms with Crippen LogP contribution >= 0.6 is 0 Å². The number of hydrogen-bond donors (Lipinski definition) is 5. The molecule has 13 nitrogen and oxygen atoms in total. The molecule has 2 amide bonds. The summed E-state index contributed by atoms with van der Waals surface area (Å²) in [7, 11) is 3.92. The van der Waals surface area contributed by atoms with Crippen molar-refractivity contribution in [2.45, 2.75) is 43.8 Å². The number of carbonyl (C=O) groups excluding carboxylic acids is 2. The lowest BCUT2D eigenvalue weighted by molar-refractivity contribution is -0.137. The van der Waals surface area contributed by atoms with Gasteiger partial charge in [0, 0.05) is 25.6 Å². The van der Waals surface area contributed by atoms with E-state index in [-0.39, 0.29) is 17.4 Å². The Morgan fingerprint density at radius 1 is 0.978 bits per heavy atom. The molecule has 1 saturated heterocycles. The number of hydrogen-bond acceptors (Lipinski definition) is 10. The number of aliphatic hydroxyl groups excluding tert-OH is 2. The quantitative estimate of drug-likeness (QED) is 0.139. The number of benzene rings is 2. The number of amides is 2. The molecule has 2 aromatic heterocycles. The SMILES string of the molecule is CCNC(=O)[C@H]1O[C@@H](n2cnc3c(NCC(c4ccccc4)c4ccccc4)nc(C(=O)NCCCN(C)C)nc32)[C@@H](O)[C@@H]1O. The predicted molar refractivity (Wildman–Crippen MR) is 169 cm³/mol. The average Bonchev–Trinajstić information content (AvgIpc) is 3.60. The molecule has 5 N–H and O–H groups in total. The lowest BCUT2D eigenvalue weighted by Crippen LogP contribution is -2.42. The standard InChI is InChI=1S/C32H40N8O5/c1-4-33-30(43)26-24(41)25(42)32(45-26)40-19-36-23-27(37-28(38-29(23)40)31(44)34-16-11-17-39(2)3)35-18-22(20-12-7-5-8-13-20)21-14-9-6-10-15-21/h5-10,12-15,19,22,24-26,32,41-42H,4,11,16-18H2,1-3H3,(H,33,43)(H,34,44)(H,35,37,38)/t24-,25-,26-,32+/m0/s1. The van der Waals surface area contributed by atoms with E-state index < -0.39 is 36.4 Å². The Morgan fingerprint density at radius 3 is 2.27 bits per heavy atom. The first-order valence-corrected chi connectivity index (χ1v) is 15.1. The van der Waals surface area contributed by atoms with Crippen LogP contribution in [0.4, 0.5) is 5.82 Å². The van der Waals surface area contributed by atoms with E-state index in [4.69, 9.17) is 4.74 Å². The Hall–Kier alpha value is -4.43. The van der Waals surface area contributed by atoms with Crippen molar-refractivity contribution in [3.63, 3.8) is 0 Å². The van der Waals surface area contributed by atoms with Crippen LogP contribution in [0.2, 0.25) is 0 Å². The normalized spacial score (nSPS) is 19.7. The number of likely N-dealkylation sites (N-methyl/N-ethyl adjacent to an activating group) is 1. The van der Waals surface area contributed by atoms with Crippen molar-refractivity contribution in [3.8, 4) is 0 Å². The number of rotatable bonds is 13. The van der Waals surface area contributed by atoms with E-state index >= 15 is 0 Å². The van der Waals surface area contributed by atoms with Crippen LogP contribution in [0.15, 0.2) is 67.0 Å². The second-order valence-electron chi connectivity index (χ2n) is 11.2. The zero-order valence-corrected chi connectivity index (χ0v) is 25.6. The Bertz CT molecular complexity index is 1540. The minimum Gasteiger partial charge on any atom is -0.387 e. The van der Waals surface area contributed by atoms with Crippen LogP contribution in [0.1, 0.15) is 47.2 Å². The Kier molecular flexibility index (Phi) is 10.4. The fourth-order valence-corrected chi connectivity index (χ4v) is 5.38. The fourth-order valence-electron chi connectivity index (χ4n) is 5.38. The molecule has 0 spiro atoms. The topological polar surface area (TPSA) is 167 Å². The van der Waals surface area contributed by atoms with Gasteiger partial charge in [0.1, 0.15) is 12.2 Å². The van der Waals surface area contributed by atoms with Crippen molar-refractivity contribution in [3.05, 3.63) is 83.9 Å². The highest BCUT2D eigenvalue weighted by Gasteiger charge is 2.47. The van der Waals surface area contributed by atoms with Gasteiger partial charge in [0.05, 0.1) is 6.33 Å². The number of aliphatic hydroxyl groups is 2. The molecule has 238 valence electrons. The van der Waals surface area contributed by atoms with Crippen LogP contribution in [0.25, 0.3) is 11.2 Å². The van der Waals surface area contributed by atoms with Crippen molar-refractivity contribution in [2.75, 3.05) is 45.6 Å². The first-order chi connectivity index (χ1) is 21.8. The highest BCUT2D eigenvalue weighted by Crippen LogP contribution is 2.33. The van der Waals surface area contributed by atoms with E-state index in [0.29, 0.717) is 31.0 Å². The number of ether oxygens (including phenoxy) is 1. The van der Waals surface area contributed by atoms with Crippen molar-refractivity contribution in [1.82, 2.24) is 35.1 Å².